The van der Waals surface area contributed by atoms with Gasteiger partial charge in [-0.05, 0) is 19.0 Å². The molecule has 0 aliphatic heterocycles. The van der Waals surface area contributed by atoms with Gasteiger partial charge in [0.2, 0.25) is 0 Å². The monoisotopic (exact) mass is 180 g/mol. The van der Waals surface area contributed by atoms with Gasteiger partial charge < -0.3 is 0 Å². The highest BCUT2D eigenvalue weighted by atomic mass is 32.2. The van der Waals surface area contributed by atoms with Crippen molar-refractivity contribution in [3.8, 4) is 0 Å². The van der Waals surface area contributed by atoms with E-state index in [1.54, 1.807) is 0 Å². The highest BCUT2D eigenvalue weighted by Crippen LogP contribution is 2.08. The third kappa shape index (κ3) is 2.03. The van der Waals surface area contributed by atoms with E-state index in [1.165, 1.54) is 0 Å². The molecule has 1 N–H and O–H groups in total. The summed E-state index contributed by atoms with van der Waals surface area (Å²) in [6, 6.07) is 0.773. The average molecular weight is 180 g/mol. The maximum absolute atomic E-state index is 10.7. The minimum Gasteiger partial charge on any atom is -0.282 e. The summed E-state index contributed by atoms with van der Waals surface area (Å²) in [5, 5.41) is 0. The van der Waals surface area contributed by atoms with Gasteiger partial charge in [-0.3, -0.25) is 4.55 Å². The number of benzene rings is 1. The van der Waals surface area contributed by atoms with Crippen LogP contribution in [0.15, 0.2) is 29.1 Å². The molecule has 0 aromatic heterocycles. The number of rotatable bonds is 1. The first-order valence-electron chi connectivity index (χ1n) is 4.82. The molecule has 0 bridgehead atoms. The van der Waals surface area contributed by atoms with E-state index >= 15 is 0 Å². The molecule has 0 atom stereocenters. The lowest BCUT2D eigenvalue weighted by Gasteiger charge is -1.95. The first-order valence-corrected chi connectivity index (χ1v) is 4.11. The molecule has 0 fully saturated rings. The second-order valence-corrected chi connectivity index (χ2v) is 3.27. The van der Waals surface area contributed by atoms with Crippen LogP contribution in [0.5, 0.6) is 0 Å². The molecular weight excluding hydrogens is 164 g/mol. The van der Waals surface area contributed by atoms with Crippen molar-refractivity contribution in [1.82, 2.24) is 0 Å². The Morgan fingerprint density at radius 2 is 2.27 bits per heavy atom. The van der Waals surface area contributed by atoms with Crippen molar-refractivity contribution in [2.24, 2.45) is 0 Å². The van der Waals surface area contributed by atoms with E-state index in [2.05, 4.69) is 0 Å². The molecule has 0 saturated carbocycles. The van der Waals surface area contributed by atoms with Crippen molar-refractivity contribution in [2.75, 3.05) is 0 Å². The van der Waals surface area contributed by atoms with Crippen LogP contribution in [0.2, 0.25) is 0 Å². The molecule has 60 valence electrons. The Labute approximate surface area is 71.0 Å². The summed E-state index contributed by atoms with van der Waals surface area (Å²) in [6.07, 6.45) is 0. The van der Waals surface area contributed by atoms with Crippen molar-refractivity contribution >= 4 is 10.1 Å². The number of hydrogen-bond acceptors (Lipinski definition) is 2. The van der Waals surface area contributed by atoms with E-state index < -0.39 is 34.0 Å². The van der Waals surface area contributed by atoms with Crippen molar-refractivity contribution in [2.45, 2.75) is 11.8 Å². The Kier molecular flexibility index (Phi) is 1.01. The van der Waals surface area contributed by atoms with Gasteiger partial charge in [-0.25, -0.2) is 0 Å². The van der Waals surface area contributed by atoms with Crippen LogP contribution in [0.25, 0.3) is 0 Å². The summed E-state index contributed by atoms with van der Waals surface area (Å²) in [6.45, 7) is -1.46. The van der Waals surface area contributed by atoms with Gasteiger partial charge in [0.15, 0.2) is 0 Å². The summed E-state index contributed by atoms with van der Waals surface area (Å²) in [7, 11) is -4.53. The molecule has 11 heavy (non-hydrogen) atoms. The van der Waals surface area contributed by atoms with Crippen LogP contribution < -0.4 is 0 Å². The molecule has 1 aromatic rings. The lowest BCUT2D eigenvalue weighted by Crippen LogP contribution is -1.96. The van der Waals surface area contributed by atoms with Crippen LogP contribution >= 0.6 is 0 Å². The first kappa shape index (κ1) is 4.23. The third-order valence-corrected chi connectivity index (χ3v) is 1.82. The van der Waals surface area contributed by atoms with Crippen LogP contribution in [0, 0.1) is 6.88 Å². The van der Waals surface area contributed by atoms with Gasteiger partial charge in [-0.1, -0.05) is 17.7 Å². The van der Waals surface area contributed by atoms with Gasteiger partial charge >= 0.3 is 0 Å². The van der Waals surface area contributed by atoms with Gasteiger partial charge in [0.05, 0.1) is 7.64 Å². The third-order valence-electron chi connectivity index (χ3n) is 1.02. The zero-order chi connectivity index (χ0) is 11.8. The maximum atomic E-state index is 10.7. The second-order valence-electron chi connectivity index (χ2n) is 1.88. The van der Waals surface area contributed by atoms with Gasteiger partial charge in [0, 0.05) is 2.74 Å². The van der Waals surface area contributed by atoms with Crippen LogP contribution in [0.3, 0.4) is 0 Å². The molecule has 0 radical (unpaired) electrons. The largest absolute Gasteiger partial charge is 0.294 e. The van der Waals surface area contributed by atoms with Gasteiger partial charge in [0.25, 0.3) is 10.1 Å². The predicted molar refractivity (Wildman–Crippen MR) is 41.0 cm³/mol. The normalized spacial score (nSPS) is 16.9. The van der Waals surface area contributed by atoms with E-state index in [1.807, 2.05) is 0 Å². The van der Waals surface area contributed by atoms with E-state index in [-0.39, 0.29) is 5.56 Å². The molecule has 1 rings (SSSR count). The summed E-state index contributed by atoms with van der Waals surface area (Å²) in [4.78, 5) is -0.683. The van der Waals surface area contributed by atoms with E-state index in [4.69, 9.17) is 10.0 Å². The summed E-state index contributed by atoms with van der Waals surface area (Å²) in [5.74, 6) is 0. The number of hydrogen-bond donors (Lipinski definition) is 1. The molecule has 0 aliphatic carbocycles. The highest BCUT2D eigenvalue weighted by molar-refractivity contribution is 7.85. The quantitative estimate of drug-likeness (QED) is 0.661. The molecule has 0 unspecified atom stereocenters. The van der Waals surface area contributed by atoms with Crippen molar-refractivity contribution in [3.05, 3.63) is 29.8 Å². The maximum Gasteiger partial charge on any atom is 0.294 e. The van der Waals surface area contributed by atoms with Crippen molar-refractivity contribution < 1.29 is 18.5 Å². The van der Waals surface area contributed by atoms with Crippen LogP contribution in [0.4, 0.5) is 0 Å². The average Bonchev–Trinajstić information content (AvgIpc) is 2.06. The molecule has 0 amide bonds. The fourth-order valence-electron chi connectivity index (χ4n) is 0.533. The lowest BCUT2D eigenvalue weighted by molar-refractivity contribution is 0.483. The predicted octanol–water partition coefficient (Wildman–Crippen LogP) is 1.24. The molecular formula is C7H8O3S. The molecule has 3 nitrogen and oxygen atoms in total. The van der Waals surface area contributed by atoms with Crippen LogP contribution in [0.1, 0.15) is 11.0 Å². The molecule has 0 spiro atoms. The Morgan fingerprint density at radius 3 is 2.82 bits per heavy atom. The Morgan fingerprint density at radius 1 is 1.55 bits per heavy atom. The highest BCUT2D eigenvalue weighted by Gasteiger charge is 2.06. The van der Waals surface area contributed by atoms with Crippen molar-refractivity contribution in [1.29, 1.82) is 0 Å². The SMILES string of the molecule is [3H]c1c(C([3H])[3H])ccc(S(=O)(=O)O)c1[3H]. The molecule has 0 aliphatic rings. The molecule has 0 saturated heterocycles. The molecule has 4 heteroatoms. The number of aryl methyl sites for hydroxylation is 1. The van der Waals surface area contributed by atoms with Crippen molar-refractivity contribution in [3.63, 3.8) is 0 Å². The molecule has 0 heterocycles. The second kappa shape index (κ2) is 2.64. The fourth-order valence-corrected chi connectivity index (χ4v) is 0.953. The van der Waals surface area contributed by atoms with E-state index in [0.29, 0.717) is 0 Å². The summed E-state index contributed by atoms with van der Waals surface area (Å²) >= 11 is 0. The smallest absolute Gasteiger partial charge is 0.282 e. The van der Waals surface area contributed by atoms with Crippen LogP contribution in [-0.4, -0.2) is 13.0 Å². The topological polar surface area (TPSA) is 54.4 Å². The Bertz CT molecular complexity index is 483. The molecule has 1 aromatic carbocycles. The minimum atomic E-state index is -4.53. The van der Waals surface area contributed by atoms with Gasteiger partial charge in [-0.15, -0.1) is 0 Å². The van der Waals surface area contributed by atoms with Crippen LogP contribution in [-0.2, 0) is 10.1 Å². The fraction of sp³-hybridized carbons (Fsp3) is 0.143. The van der Waals surface area contributed by atoms with E-state index in [9.17, 15) is 8.42 Å². The zero-order valence-electron chi connectivity index (χ0n) is 9.40. The summed E-state index contributed by atoms with van der Waals surface area (Å²) in [5.41, 5.74) is -0.0765. The summed E-state index contributed by atoms with van der Waals surface area (Å²) < 4.78 is 58.9. The minimum absolute atomic E-state index is 0.0765. The lowest BCUT2D eigenvalue weighted by atomic mass is 10.2. The van der Waals surface area contributed by atoms with Gasteiger partial charge in [0.1, 0.15) is 0 Å². The van der Waals surface area contributed by atoms with Gasteiger partial charge in [-0.2, -0.15) is 8.42 Å². The zero-order valence-corrected chi connectivity index (χ0v) is 6.22. The first-order chi connectivity index (χ1) is 6.75. The Hall–Kier alpha value is -0.870. The Balaban J connectivity index is 3.48. The standard InChI is InChI=1S/C7H8O3S/c1-6-2-4-7(5-3-6)11(8,9)10/h2-5H,1H3,(H,8,9,10)/i1T2,2T,4T. The van der Waals surface area contributed by atoms with E-state index in [0.717, 1.165) is 12.1 Å².